The number of nitrogens with one attached hydrogen (secondary N) is 1. The number of hydrogen-bond acceptors (Lipinski definition) is 3. The summed E-state index contributed by atoms with van der Waals surface area (Å²) in [7, 11) is 0. The van der Waals surface area contributed by atoms with Crippen LogP contribution in [0, 0.1) is 19.8 Å². The average molecular weight is 408 g/mol. The molecule has 0 atom stereocenters. The third-order valence-electron chi connectivity index (χ3n) is 4.96. The molecule has 1 fully saturated rings. The summed E-state index contributed by atoms with van der Waals surface area (Å²) in [6.07, 6.45) is -5.27. The maximum atomic E-state index is 12.5. The molecule has 0 spiro atoms. The predicted molar refractivity (Wildman–Crippen MR) is 102 cm³/mol. The van der Waals surface area contributed by atoms with Crippen LogP contribution in [0.1, 0.15) is 30.7 Å². The molecule has 3 rings (SSSR count). The van der Waals surface area contributed by atoms with Gasteiger partial charge in [0.15, 0.2) is 0 Å². The van der Waals surface area contributed by atoms with E-state index >= 15 is 0 Å². The number of benzene rings is 1. The van der Waals surface area contributed by atoms with Crippen molar-refractivity contribution in [2.75, 3.05) is 18.4 Å². The molecule has 156 valence electrons. The van der Waals surface area contributed by atoms with E-state index in [2.05, 4.69) is 10.4 Å². The van der Waals surface area contributed by atoms with Gasteiger partial charge in [-0.2, -0.15) is 18.3 Å². The largest absolute Gasteiger partial charge is 0.397 e. The van der Waals surface area contributed by atoms with Gasteiger partial charge in [-0.3, -0.25) is 9.59 Å². The van der Waals surface area contributed by atoms with Crippen LogP contribution >= 0.6 is 0 Å². The van der Waals surface area contributed by atoms with Crippen LogP contribution < -0.4 is 5.32 Å². The van der Waals surface area contributed by atoms with Crippen LogP contribution in [-0.2, 0) is 9.59 Å². The maximum Gasteiger partial charge on any atom is 0.397 e. The van der Waals surface area contributed by atoms with Gasteiger partial charge in [0, 0.05) is 30.4 Å². The fraction of sp³-hybridized carbons (Fsp3) is 0.450. The second kappa shape index (κ2) is 8.26. The zero-order valence-corrected chi connectivity index (χ0v) is 16.3. The molecule has 2 heterocycles. The molecule has 1 saturated heterocycles. The number of rotatable bonds is 4. The number of alkyl halides is 3. The summed E-state index contributed by atoms with van der Waals surface area (Å²) in [5.41, 5.74) is 3.44. The van der Waals surface area contributed by atoms with Crippen LogP contribution in [0.5, 0.6) is 0 Å². The van der Waals surface area contributed by atoms with Gasteiger partial charge in [-0.1, -0.05) is 0 Å². The van der Waals surface area contributed by atoms with Crippen LogP contribution in [0.25, 0.3) is 5.69 Å². The summed E-state index contributed by atoms with van der Waals surface area (Å²) in [4.78, 5) is 25.3. The van der Waals surface area contributed by atoms with Crippen molar-refractivity contribution in [2.24, 2.45) is 5.92 Å². The first-order valence-electron chi connectivity index (χ1n) is 9.41. The van der Waals surface area contributed by atoms with E-state index in [4.69, 9.17) is 0 Å². The van der Waals surface area contributed by atoms with Crippen LogP contribution in [0.3, 0.4) is 0 Å². The number of likely N-dealkylation sites (tertiary alicyclic amines) is 1. The highest BCUT2D eigenvalue weighted by atomic mass is 19.4. The lowest BCUT2D eigenvalue weighted by Crippen LogP contribution is -2.42. The SMILES string of the molecule is Cc1cc(C)n(-c2ccc(NC(=O)C3CCN(C(=O)CC(F)(F)F)CC3)cc2)n1. The van der Waals surface area contributed by atoms with Crippen molar-refractivity contribution in [3.8, 4) is 5.69 Å². The number of piperidine rings is 1. The minimum absolute atomic E-state index is 0.157. The highest BCUT2D eigenvalue weighted by Gasteiger charge is 2.35. The minimum Gasteiger partial charge on any atom is -0.342 e. The van der Waals surface area contributed by atoms with Crippen LogP contribution in [0.2, 0.25) is 0 Å². The average Bonchev–Trinajstić information content (AvgIpc) is 2.99. The molecule has 0 bridgehead atoms. The number of amides is 2. The summed E-state index contributed by atoms with van der Waals surface area (Å²) in [5.74, 6) is -1.46. The summed E-state index contributed by atoms with van der Waals surface area (Å²) >= 11 is 0. The molecule has 0 unspecified atom stereocenters. The third-order valence-corrected chi connectivity index (χ3v) is 4.96. The summed E-state index contributed by atoms with van der Waals surface area (Å²) < 4.78 is 38.9. The Morgan fingerprint density at radius 3 is 2.28 bits per heavy atom. The van der Waals surface area contributed by atoms with Crippen molar-refractivity contribution in [3.63, 3.8) is 0 Å². The number of hydrogen-bond donors (Lipinski definition) is 1. The molecule has 0 saturated carbocycles. The van der Waals surface area contributed by atoms with Crippen molar-refractivity contribution in [1.29, 1.82) is 0 Å². The standard InChI is InChI=1S/C20H23F3N4O2/c1-13-11-14(2)27(25-13)17-5-3-16(4-6-17)24-19(29)15-7-9-26(10-8-15)18(28)12-20(21,22)23/h3-6,11,15H,7-10,12H2,1-2H3,(H,24,29). The van der Waals surface area contributed by atoms with Crippen molar-refractivity contribution in [2.45, 2.75) is 39.3 Å². The highest BCUT2D eigenvalue weighted by molar-refractivity contribution is 5.92. The molecule has 1 aromatic carbocycles. The highest BCUT2D eigenvalue weighted by Crippen LogP contribution is 2.25. The quantitative estimate of drug-likeness (QED) is 0.840. The van der Waals surface area contributed by atoms with Gasteiger partial charge in [-0.15, -0.1) is 0 Å². The summed E-state index contributed by atoms with van der Waals surface area (Å²) in [5, 5.41) is 7.26. The summed E-state index contributed by atoms with van der Waals surface area (Å²) in [6, 6.07) is 9.25. The second-order valence-electron chi connectivity index (χ2n) is 7.32. The van der Waals surface area contributed by atoms with E-state index in [-0.39, 0.29) is 24.9 Å². The van der Waals surface area contributed by atoms with E-state index in [9.17, 15) is 22.8 Å². The van der Waals surface area contributed by atoms with Gasteiger partial charge in [0.25, 0.3) is 0 Å². The molecule has 29 heavy (non-hydrogen) atoms. The molecule has 1 aliphatic rings. The first-order valence-corrected chi connectivity index (χ1v) is 9.41. The van der Waals surface area contributed by atoms with E-state index < -0.39 is 18.5 Å². The Morgan fingerprint density at radius 1 is 1.14 bits per heavy atom. The lowest BCUT2D eigenvalue weighted by atomic mass is 9.95. The number of halogens is 3. The predicted octanol–water partition coefficient (Wildman–Crippen LogP) is 3.62. The maximum absolute atomic E-state index is 12.5. The van der Waals surface area contributed by atoms with E-state index in [0.29, 0.717) is 18.5 Å². The molecular weight excluding hydrogens is 385 g/mol. The molecule has 1 aromatic heterocycles. The van der Waals surface area contributed by atoms with Crippen molar-refractivity contribution in [3.05, 3.63) is 41.7 Å². The molecule has 2 aromatic rings. The van der Waals surface area contributed by atoms with E-state index in [1.165, 1.54) is 4.90 Å². The zero-order chi connectivity index (χ0) is 21.2. The molecule has 0 radical (unpaired) electrons. The lowest BCUT2D eigenvalue weighted by molar-refractivity contribution is -0.162. The first-order chi connectivity index (χ1) is 13.6. The number of aromatic nitrogens is 2. The Bertz CT molecular complexity index is 882. The Balaban J connectivity index is 1.53. The zero-order valence-electron chi connectivity index (χ0n) is 16.3. The first kappa shape index (κ1) is 20.9. The smallest absolute Gasteiger partial charge is 0.342 e. The topological polar surface area (TPSA) is 67.2 Å². The number of carbonyl (C=O) groups is 2. The van der Waals surface area contributed by atoms with Crippen molar-refractivity contribution in [1.82, 2.24) is 14.7 Å². The van der Waals surface area contributed by atoms with Gasteiger partial charge >= 0.3 is 6.18 Å². The molecular formula is C20H23F3N4O2. The Hall–Kier alpha value is -2.84. The third kappa shape index (κ3) is 5.36. The van der Waals surface area contributed by atoms with Gasteiger partial charge in [-0.05, 0) is 57.0 Å². The molecule has 0 aliphatic carbocycles. The van der Waals surface area contributed by atoms with Crippen LogP contribution in [-0.4, -0.2) is 45.8 Å². The van der Waals surface area contributed by atoms with E-state index in [1.807, 2.05) is 36.7 Å². The Morgan fingerprint density at radius 2 is 1.76 bits per heavy atom. The number of nitrogens with zero attached hydrogens (tertiary/aromatic N) is 3. The molecule has 6 nitrogen and oxygen atoms in total. The van der Waals surface area contributed by atoms with Gasteiger partial charge in [-0.25, -0.2) is 4.68 Å². The molecule has 1 aliphatic heterocycles. The summed E-state index contributed by atoms with van der Waals surface area (Å²) in [6.45, 7) is 4.19. The molecule has 1 N–H and O–H groups in total. The fourth-order valence-corrected chi connectivity index (χ4v) is 3.49. The van der Waals surface area contributed by atoms with Gasteiger partial charge in [0.2, 0.25) is 11.8 Å². The lowest BCUT2D eigenvalue weighted by Gasteiger charge is -2.31. The number of aryl methyl sites for hydroxylation is 2. The number of carbonyl (C=O) groups excluding carboxylic acids is 2. The van der Waals surface area contributed by atoms with Crippen LogP contribution in [0.4, 0.5) is 18.9 Å². The van der Waals surface area contributed by atoms with Gasteiger partial charge in [0.1, 0.15) is 6.42 Å². The Labute approximate surface area is 166 Å². The molecule has 9 heteroatoms. The van der Waals surface area contributed by atoms with E-state index in [0.717, 1.165) is 17.1 Å². The van der Waals surface area contributed by atoms with E-state index in [1.54, 1.807) is 12.1 Å². The van der Waals surface area contributed by atoms with Gasteiger partial charge < -0.3 is 10.2 Å². The number of anilines is 1. The second-order valence-corrected chi connectivity index (χ2v) is 7.32. The monoisotopic (exact) mass is 408 g/mol. The fourth-order valence-electron chi connectivity index (χ4n) is 3.49. The minimum atomic E-state index is -4.51. The molecule has 2 amide bonds. The van der Waals surface area contributed by atoms with Gasteiger partial charge in [0.05, 0.1) is 11.4 Å². The van der Waals surface area contributed by atoms with Crippen LogP contribution in [0.15, 0.2) is 30.3 Å². The Kier molecular flexibility index (Phi) is 5.95. The van der Waals surface area contributed by atoms with Crippen molar-refractivity contribution < 1.29 is 22.8 Å². The normalized spacial score (nSPS) is 15.4. The van der Waals surface area contributed by atoms with Crippen molar-refractivity contribution >= 4 is 17.5 Å².